The monoisotopic (exact) mass is 572 g/mol. The molecule has 0 saturated carbocycles. The SMILES string of the molecule is COc1ccccc1NC(=O)CN1C(=O)S/C(=C/c2cccc(OC)c2OCc2ccc(Cl)cc2Cl)C1=O. The lowest BCUT2D eigenvalue weighted by atomic mass is 10.1. The van der Waals surface area contributed by atoms with Crippen LogP contribution in [0.3, 0.4) is 0 Å². The van der Waals surface area contributed by atoms with E-state index in [0.29, 0.717) is 44.1 Å². The van der Waals surface area contributed by atoms with Gasteiger partial charge in [-0.15, -0.1) is 0 Å². The molecule has 0 unspecified atom stereocenters. The van der Waals surface area contributed by atoms with Gasteiger partial charge in [-0.3, -0.25) is 19.3 Å². The van der Waals surface area contributed by atoms with Crippen molar-refractivity contribution in [3.63, 3.8) is 0 Å². The first-order valence-corrected chi connectivity index (χ1v) is 12.8. The molecule has 1 N–H and O–H groups in total. The van der Waals surface area contributed by atoms with Crippen LogP contribution in [-0.4, -0.2) is 42.7 Å². The third-order valence-electron chi connectivity index (χ3n) is 5.46. The van der Waals surface area contributed by atoms with E-state index >= 15 is 0 Å². The van der Waals surface area contributed by atoms with E-state index in [1.54, 1.807) is 60.7 Å². The Labute approximate surface area is 233 Å². The summed E-state index contributed by atoms with van der Waals surface area (Å²) in [5.41, 5.74) is 1.65. The molecule has 4 rings (SSSR count). The van der Waals surface area contributed by atoms with Gasteiger partial charge in [0.05, 0.1) is 24.8 Å². The van der Waals surface area contributed by atoms with Gasteiger partial charge in [0.2, 0.25) is 5.91 Å². The van der Waals surface area contributed by atoms with E-state index in [4.69, 9.17) is 37.4 Å². The number of imide groups is 1. The van der Waals surface area contributed by atoms with Crippen molar-refractivity contribution < 1.29 is 28.6 Å². The molecule has 11 heteroatoms. The molecule has 3 amide bonds. The molecule has 1 saturated heterocycles. The summed E-state index contributed by atoms with van der Waals surface area (Å²) >= 11 is 13.0. The van der Waals surface area contributed by atoms with Gasteiger partial charge < -0.3 is 19.5 Å². The Kier molecular flexibility index (Phi) is 8.83. The second kappa shape index (κ2) is 12.3. The maximum Gasteiger partial charge on any atom is 0.294 e. The number of anilines is 1. The first-order chi connectivity index (χ1) is 18.3. The van der Waals surface area contributed by atoms with Gasteiger partial charge in [-0.2, -0.15) is 0 Å². The smallest absolute Gasteiger partial charge is 0.294 e. The number of thioether (sulfide) groups is 1. The number of para-hydroxylation sites is 3. The summed E-state index contributed by atoms with van der Waals surface area (Å²) in [7, 11) is 2.97. The van der Waals surface area contributed by atoms with Crippen molar-refractivity contribution in [2.75, 3.05) is 26.1 Å². The van der Waals surface area contributed by atoms with Crippen LogP contribution in [0, 0.1) is 0 Å². The van der Waals surface area contributed by atoms with Gasteiger partial charge in [-0.25, -0.2) is 0 Å². The van der Waals surface area contributed by atoms with E-state index < -0.39 is 23.6 Å². The zero-order valence-corrected chi connectivity index (χ0v) is 22.7. The topological polar surface area (TPSA) is 94.2 Å². The van der Waals surface area contributed by atoms with Crippen molar-refractivity contribution >= 4 is 63.8 Å². The predicted octanol–water partition coefficient (Wildman–Crippen LogP) is 6.26. The summed E-state index contributed by atoms with van der Waals surface area (Å²) in [6, 6.07) is 17.1. The van der Waals surface area contributed by atoms with Gasteiger partial charge in [0.25, 0.3) is 11.1 Å². The molecule has 1 fully saturated rings. The van der Waals surface area contributed by atoms with Crippen molar-refractivity contribution in [3.8, 4) is 17.2 Å². The van der Waals surface area contributed by atoms with E-state index in [9.17, 15) is 14.4 Å². The summed E-state index contributed by atoms with van der Waals surface area (Å²) < 4.78 is 16.7. The Balaban J connectivity index is 1.52. The van der Waals surface area contributed by atoms with Gasteiger partial charge in [0.1, 0.15) is 18.9 Å². The van der Waals surface area contributed by atoms with Crippen LogP contribution in [0.4, 0.5) is 10.5 Å². The van der Waals surface area contributed by atoms with Crippen molar-refractivity contribution in [1.29, 1.82) is 0 Å². The van der Waals surface area contributed by atoms with E-state index in [0.717, 1.165) is 16.7 Å². The number of hydrogen-bond acceptors (Lipinski definition) is 7. The van der Waals surface area contributed by atoms with E-state index in [1.807, 2.05) is 0 Å². The minimum absolute atomic E-state index is 0.113. The number of ether oxygens (including phenoxy) is 3. The van der Waals surface area contributed by atoms with Crippen molar-refractivity contribution in [1.82, 2.24) is 4.90 Å². The van der Waals surface area contributed by atoms with Crippen LogP contribution in [0.2, 0.25) is 10.0 Å². The molecule has 0 atom stereocenters. The average molecular weight is 573 g/mol. The van der Waals surface area contributed by atoms with Crippen LogP contribution in [0.1, 0.15) is 11.1 Å². The Morgan fingerprint density at radius 2 is 1.74 bits per heavy atom. The highest BCUT2D eigenvalue weighted by atomic mass is 35.5. The normalized spacial score (nSPS) is 14.1. The number of carbonyl (C=O) groups is 3. The first-order valence-electron chi connectivity index (χ1n) is 11.2. The summed E-state index contributed by atoms with van der Waals surface area (Å²) in [6.45, 7) is -0.335. The molecule has 3 aromatic carbocycles. The lowest BCUT2D eigenvalue weighted by Gasteiger charge is -2.15. The highest BCUT2D eigenvalue weighted by Crippen LogP contribution is 2.38. The van der Waals surface area contributed by atoms with Gasteiger partial charge in [-0.1, -0.05) is 53.5 Å². The number of rotatable bonds is 9. The van der Waals surface area contributed by atoms with Gasteiger partial charge in [0, 0.05) is 21.2 Å². The van der Waals surface area contributed by atoms with Crippen LogP contribution in [0.25, 0.3) is 6.08 Å². The quantitative estimate of drug-likeness (QED) is 0.302. The number of carbonyl (C=O) groups excluding carboxylic acids is 3. The fraction of sp³-hybridized carbons (Fsp3) is 0.148. The number of methoxy groups -OCH3 is 2. The minimum atomic E-state index is -0.593. The predicted molar refractivity (Wildman–Crippen MR) is 148 cm³/mol. The molecule has 0 aromatic heterocycles. The molecule has 38 heavy (non-hydrogen) atoms. The molecule has 3 aromatic rings. The van der Waals surface area contributed by atoms with Crippen molar-refractivity contribution in [3.05, 3.63) is 86.7 Å². The number of amides is 3. The fourth-order valence-corrected chi connectivity index (χ4v) is 4.90. The van der Waals surface area contributed by atoms with E-state index in [-0.39, 0.29) is 11.5 Å². The van der Waals surface area contributed by atoms with Crippen LogP contribution in [0.15, 0.2) is 65.6 Å². The lowest BCUT2D eigenvalue weighted by Crippen LogP contribution is -2.36. The Hall–Kier alpha value is -3.66. The van der Waals surface area contributed by atoms with Gasteiger partial charge in [-0.05, 0) is 48.2 Å². The third-order valence-corrected chi connectivity index (χ3v) is 6.95. The summed E-state index contributed by atoms with van der Waals surface area (Å²) in [6.07, 6.45) is 1.53. The maximum atomic E-state index is 13.1. The number of benzene rings is 3. The largest absolute Gasteiger partial charge is 0.495 e. The molecule has 0 bridgehead atoms. The number of nitrogens with one attached hydrogen (secondary N) is 1. The number of halogens is 2. The zero-order chi connectivity index (χ0) is 27.2. The molecular weight excluding hydrogens is 551 g/mol. The standard InChI is InChI=1S/C27H22Cl2N2O6S/c1-35-21-8-4-3-7-20(21)30-24(32)14-31-26(33)23(38-27(31)34)12-16-6-5-9-22(36-2)25(16)37-15-17-10-11-18(28)13-19(17)29/h3-13H,14-15H2,1-2H3,(H,30,32)/b23-12+. The first kappa shape index (κ1) is 27.4. The molecule has 0 radical (unpaired) electrons. The lowest BCUT2D eigenvalue weighted by molar-refractivity contribution is -0.127. The number of hydrogen-bond donors (Lipinski definition) is 1. The minimum Gasteiger partial charge on any atom is -0.495 e. The second-order valence-corrected chi connectivity index (χ2v) is 9.76. The van der Waals surface area contributed by atoms with Crippen molar-refractivity contribution in [2.45, 2.75) is 6.61 Å². The summed E-state index contributed by atoms with van der Waals surface area (Å²) in [5, 5.41) is 3.05. The number of nitrogens with zero attached hydrogens (tertiary/aromatic N) is 1. The zero-order valence-electron chi connectivity index (χ0n) is 20.3. The Morgan fingerprint density at radius 1 is 1.00 bits per heavy atom. The van der Waals surface area contributed by atoms with Crippen molar-refractivity contribution in [2.24, 2.45) is 0 Å². The highest BCUT2D eigenvalue weighted by molar-refractivity contribution is 8.18. The van der Waals surface area contributed by atoms with Crippen LogP contribution < -0.4 is 19.5 Å². The van der Waals surface area contributed by atoms with Crippen LogP contribution >= 0.6 is 35.0 Å². The van der Waals surface area contributed by atoms with Gasteiger partial charge >= 0.3 is 0 Å². The third kappa shape index (κ3) is 6.24. The Bertz CT molecular complexity index is 1430. The summed E-state index contributed by atoms with van der Waals surface area (Å²) in [4.78, 5) is 39.3. The van der Waals surface area contributed by atoms with E-state index in [2.05, 4.69) is 5.32 Å². The van der Waals surface area contributed by atoms with Crippen LogP contribution in [-0.2, 0) is 16.2 Å². The maximum absolute atomic E-state index is 13.1. The highest BCUT2D eigenvalue weighted by Gasteiger charge is 2.36. The molecule has 1 aliphatic heterocycles. The van der Waals surface area contributed by atoms with E-state index in [1.165, 1.54) is 20.3 Å². The Morgan fingerprint density at radius 3 is 2.47 bits per heavy atom. The second-order valence-electron chi connectivity index (χ2n) is 7.92. The molecule has 0 aliphatic carbocycles. The molecule has 8 nitrogen and oxygen atoms in total. The molecule has 0 spiro atoms. The molecule has 1 heterocycles. The fourth-order valence-electron chi connectivity index (χ4n) is 3.61. The molecule has 1 aliphatic rings. The summed E-state index contributed by atoms with van der Waals surface area (Å²) in [5.74, 6) is 0.120. The van der Waals surface area contributed by atoms with Crippen LogP contribution in [0.5, 0.6) is 17.2 Å². The molecular formula is C27H22Cl2N2O6S. The average Bonchev–Trinajstić information content (AvgIpc) is 3.16. The molecule has 196 valence electrons. The van der Waals surface area contributed by atoms with Gasteiger partial charge in [0.15, 0.2) is 11.5 Å².